The first-order chi connectivity index (χ1) is 17.4. The average Bonchev–Trinajstić information content (AvgIpc) is 3.14. The Labute approximate surface area is 225 Å². The van der Waals surface area contributed by atoms with E-state index in [1.54, 1.807) is 25.7 Å². The topological polar surface area (TPSA) is 134 Å². The monoisotopic (exact) mass is 536 g/mol. The Bertz CT molecular complexity index is 981. The Kier molecular flexibility index (Phi) is 8.11. The molecule has 11 nitrogen and oxygen atoms in total. The molecule has 214 valence electrons. The first kappa shape index (κ1) is 29.7. The maximum atomic E-state index is 13.9. The van der Waals surface area contributed by atoms with Gasteiger partial charge in [-0.1, -0.05) is 34.6 Å². The van der Waals surface area contributed by atoms with Gasteiger partial charge >= 0.3 is 12.1 Å². The molecule has 3 aliphatic rings. The van der Waals surface area contributed by atoms with Crippen molar-refractivity contribution in [3.8, 4) is 0 Å². The number of amides is 4. The number of carbonyl (C=O) groups is 5. The number of hydrogen-bond donors (Lipinski definition) is 2. The summed E-state index contributed by atoms with van der Waals surface area (Å²) in [4.78, 5) is 68.0. The van der Waals surface area contributed by atoms with Crippen LogP contribution in [0, 0.1) is 22.7 Å². The molecule has 1 saturated carbocycles. The van der Waals surface area contributed by atoms with E-state index in [2.05, 4.69) is 24.5 Å². The molecule has 4 amide bonds. The van der Waals surface area contributed by atoms with Gasteiger partial charge in [0.15, 0.2) is 0 Å². The van der Waals surface area contributed by atoms with Crippen LogP contribution in [0.5, 0.6) is 0 Å². The number of ether oxygens (including phenoxy) is 2. The molecule has 2 saturated heterocycles. The predicted octanol–water partition coefficient (Wildman–Crippen LogP) is 1.69. The molecule has 3 fully saturated rings. The molecule has 0 radical (unpaired) electrons. The molecule has 11 heteroatoms. The Hall–Kier alpha value is -2.85. The van der Waals surface area contributed by atoms with Crippen LogP contribution in [-0.2, 0) is 28.7 Å². The highest BCUT2D eigenvalue weighted by Crippen LogP contribution is 2.65. The van der Waals surface area contributed by atoms with E-state index in [-0.39, 0.29) is 35.6 Å². The zero-order valence-corrected chi connectivity index (χ0v) is 24.2. The number of nitrogens with one attached hydrogen (secondary N) is 2. The zero-order valence-electron chi connectivity index (χ0n) is 24.2. The van der Waals surface area contributed by atoms with Crippen molar-refractivity contribution >= 4 is 29.8 Å². The van der Waals surface area contributed by atoms with Crippen LogP contribution in [0.2, 0.25) is 0 Å². The molecule has 1 aliphatic carbocycles. The van der Waals surface area contributed by atoms with E-state index in [0.29, 0.717) is 25.9 Å². The Morgan fingerprint density at radius 2 is 1.71 bits per heavy atom. The summed E-state index contributed by atoms with van der Waals surface area (Å²) in [5, 5.41) is 5.49. The Balaban J connectivity index is 1.83. The highest BCUT2D eigenvalue weighted by molar-refractivity contribution is 5.95. The average molecular weight is 537 g/mol. The lowest BCUT2D eigenvalue weighted by atomic mass is 9.85. The first-order valence-electron chi connectivity index (χ1n) is 13.3. The van der Waals surface area contributed by atoms with E-state index >= 15 is 0 Å². The van der Waals surface area contributed by atoms with Crippen LogP contribution in [0.1, 0.15) is 68.2 Å². The van der Waals surface area contributed by atoms with Crippen LogP contribution >= 0.6 is 0 Å². The molecule has 0 spiro atoms. The Morgan fingerprint density at radius 3 is 2.21 bits per heavy atom. The molecule has 2 N–H and O–H groups in total. The van der Waals surface area contributed by atoms with Crippen molar-refractivity contribution in [2.45, 2.75) is 92.0 Å². The summed E-state index contributed by atoms with van der Waals surface area (Å²) in [6, 6.07) is -2.81. The maximum Gasteiger partial charge on any atom is 0.408 e. The third-order valence-corrected chi connectivity index (χ3v) is 7.91. The van der Waals surface area contributed by atoms with Gasteiger partial charge in [-0.25, -0.2) is 9.59 Å². The van der Waals surface area contributed by atoms with Gasteiger partial charge < -0.3 is 29.9 Å². The van der Waals surface area contributed by atoms with Gasteiger partial charge in [0.25, 0.3) is 0 Å². The predicted molar refractivity (Wildman–Crippen MR) is 139 cm³/mol. The van der Waals surface area contributed by atoms with Gasteiger partial charge in [-0.2, -0.15) is 0 Å². The van der Waals surface area contributed by atoms with Crippen LogP contribution < -0.4 is 10.6 Å². The molecule has 1 unspecified atom stereocenters. The van der Waals surface area contributed by atoms with Crippen LogP contribution in [0.25, 0.3) is 0 Å². The normalized spacial score (nSPS) is 25.8. The minimum absolute atomic E-state index is 0.0141. The molecule has 38 heavy (non-hydrogen) atoms. The fraction of sp³-hybridized carbons (Fsp3) is 0.815. The second-order valence-corrected chi connectivity index (χ2v) is 13.4. The SMILES string of the molecule is COC(=O)C(CN1CCCC1=O)NC(=O)[C@@H]1[C@@H]2[C@H](CN1C(=O)[C@@H](NC(=O)OC(C)(C)C)C(C)(C)C)C2(C)C. The minimum Gasteiger partial charge on any atom is -0.467 e. The number of hydrogen-bond acceptors (Lipinski definition) is 7. The number of carbonyl (C=O) groups excluding carboxylic acids is 5. The number of likely N-dealkylation sites (tertiary alicyclic amines) is 2. The number of nitrogens with zero attached hydrogens (tertiary/aromatic N) is 2. The van der Waals surface area contributed by atoms with Crippen molar-refractivity contribution in [3.63, 3.8) is 0 Å². The molecular weight excluding hydrogens is 492 g/mol. The van der Waals surface area contributed by atoms with Crippen molar-refractivity contribution in [1.29, 1.82) is 0 Å². The third-order valence-electron chi connectivity index (χ3n) is 7.91. The molecule has 2 aliphatic heterocycles. The summed E-state index contributed by atoms with van der Waals surface area (Å²) in [5.41, 5.74) is -1.56. The second-order valence-electron chi connectivity index (χ2n) is 13.4. The van der Waals surface area contributed by atoms with Crippen molar-refractivity contribution in [3.05, 3.63) is 0 Å². The van der Waals surface area contributed by atoms with Gasteiger partial charge in [0.1, 0.15) is 23.7 Å². The molecule has 0 bridgehead atoms. The van der Waals surface area contributed by atoms with Crippen molar-refractivity contribution in [2.24, 2.45) is 22.7 Å². The van der Waals surface area contributed by atoms with Crippen molar-refractivity contribution in [1.82, 2.24) is 20.4 Å². The van der Waals surface area contributed by atoms with E-state index in [0.717, 1.165) is 0 Å². The summed E-state index contributed by atoms with van der Waals surface area (Å²) in [7, 11) is 1.23. The molecular formula is C27H44N4O7. The smallest absolute Gasteiger partial charge is 0.408 e. The molecule has 0 aromatic heterocycles. The fourth-order valence-electron chi connectivity index (χ4n) is 5.75. The Morgan fingerprint density at radius 1 is 1.08 bits per heavy atom. The lowest BCUT2D eigenvalue weighted by Gasteiger charge is -2.38. The number of alkyl carbamates (subject to hydrolysis) is 1. The number of methoxy groups -OCH3 is 1. The number of fused-ring (bicyclic) bond motifs is 1. The van der Waals surface area contributed by atoms with Crippen molar-refractivity contribution < 1.29 is 33.4 Å². The number of rotatable bonds is 7. The van der Waals surface area contributed by atoms with Crippen LogP contribution in [-0.4, -0.2) is 90.1 Å². The summed E-state index contributed by atoms with van der Waals surface area (Å²) >= 11 is 0. The highest BCUT2D eigenvalue weighted by atomic mass is 16.6. The minimum atomic E-state index is -1.05. The summed E-state index contributed by atoms with van der Waals surface area (Å²) in [6.45, 7) is 15.7. The van der Waals surface area contributed by atoms with Crippen molar-refractivity contribution in [2.75, 3.05) is 26.7 Å². The van der Waals surface area contributed by atoms with Gasteiger partial charge in [-0.15, -0.1) is 0 Å². The summed E-state index contributed by atoms with van der Waals surface area (Å²) in [6.07, 6.45) is 0.392. The lowest BCUT2D eigenvalue weighted by molar-refractivity contribution is -0.148. The van der Waals surface area contributed by atoms with E-state index in [9.17, 15) is 24.0 Å². The van der Waals surface area contributed by atoms with Gasteiger partial charge in [-0.3, -0.25) is 14.4 Å². The number of esters is 1. The largest absolute Gasteiger partial charge is 0.467 e. The maximum absolute atomic E-state index is 13.9. The zero-order chi connectivity index (χ0) is 28.8. The third kappa shape index (κ3) is 6.23. The van der Waals surface area contributed by atoms with Gasteiger partial charge in [0.05, 0.1) is 13.7 Å². The number of piperidine rings is 1. The van der Waals surface area contributed by atoms with E-state index in [1.807, 2.05) is 20.8 Å². The van der Waals surface area contributed by atoms with E-state index in [1.165, 1.54) is 12.0 Å². The molecule has 3 rings (SSSR count). The van der Waals surface area contributed by atoms with E-state index in [4.69, 9.17) is 9.47 Å². The van der Waals surface area contributed by atoms with Crippen LogP contribution in [0.4, 0.5) is 4.79 Å². The van der Waals surface area contributed by atoms with Crippen LogP contribution in [0.3, 0.4) is 0 Å². The second kappa shape index (κ2) is 10.4. The molecule has 0 aromatic carbocycles. The van der Waals surface area contributed by atoms with Gasteiger partial charge in [0, 0.05) is 19.5 Å². The quantitative estimate of drug-likeness (QED) is 0.473. The van der Waals surface area contributed by atoms with Gasteiger partial charge in [0.2, 0.25) is 17.7 Å². The van der Waals surface area contributed by atoms with Gasteiger partial charge in [-0.05, 0) is 49.9 Å². The molecule has 5 atom stereocenters. The summed E-state index contributed by atoms with van der Waals surface area (Å²) in [5.74, 6) is -1.56. The molecule has 0 aromatic rings. The first-order valence-corrected chi connectivity index (χ1v) is 13.3. The van der Waals surface area contributed by atoms with Crippen LogP contribution in [0.15, 0.2) is 0 Å². The fourth-order valence-corrected chi connectivity index (χ4v) is 5.75. The van der Waals surface area contributed by atoms with E-state index < -0.39 is 47.1 Å². The highest BCUT2D eigenvalue weighted by Gasteiger charge is 2.70. The standard InChI is InChI=1S/C27H44N4O7/c1-25(2,3)20(29-24(36)38-26(4,5)6)22(34)31-13-15-18(27(15,7)8)19(31)21(33)28-16(23(35)37-9)14-30-12-10-11-17(30)32/h15-16,18-20H,10-14H2,1-9H3,(H,28,33)(H,29,36)/t15-,16?,18-,19-,20+/m0/s1. The molecule has 2 heterocycles. The summed E-state index contributed by atoms with van der Waals surface area (Å²) < 4.78 is 10.3. The lowest BCUT2D eigenvalue weighted by Crippen LogP contribution is -2.61.